The molecule has 1 aromatic carbocycles. The van der Waals surface area contributed by atoms with E-state index < -0.39 is 5.91 Å². The standard InChI is InChI=1S/C15H22N4O2/c1-10(17)19-13(20)8-18-14(21)11-5-4-6-12(7-11)15(2,3)9-16/h4-7H,8-9,16H2,1-3H3,(H,18,21)(H2,17,19,20). The highest BCUT2D eigenvalue weighted by atomic mass is 16.2. The fourth-order valence-corrected chi connectivity index (χ4v) is 1.72. The number of amidine groups is 1. The van der Waals surface area contributed by atoms with Crippen molar-refractivity contribution in [2.75, 3.05) is 13.1 Å². The molecule has 0 aliphatic heterocycles. The molecule has 6 heteroatoms. The van der Waals surface area contributed by atoms with E-state index in [-0.39, 0.29) is 23.7 Å². The van der Waals surface area contributed by atoms with Gasteiger partial charge in [0.05, 0.1) is 12.4 Å². The van der Waals surface area contributed by atoms with E-state index in [1.807, 2.05) is 19.9 Å². The summed E-state index contributed by atoms with van der Waals surface area (Å²) < 4.78 is 0. The second-order valence-corrected chi connectivity index (χ2v) is 5.52. The highest BCUT2D eigenvalue weighted by molar-refractivity contribution is 6.00. The van der Waals surface area contributed by atoms with Crippen molar-refractivity contribution in [2.24, 2.45) is 5.73 Å². The molecule has 0 fully saturated rings. The maximum Gasteiger partial charge on any atom is 0.251 e. The van der Waals surface area contributed by atoms with Gasteiger partial charge in [-0.2, -0.15) is 0 Å². The molecular weight excluding hydrogens is 268 g/mol. The van der Waals surface area contributed by atoms with E-state index in [0.717, 1.165) is 5.56 Å². The summed E-state index contributed by atoms with van der Waals surface area (Å²) in [5.41, 5.74) is 6.97. The van der Waals surface area contributed by atoms with Crippen molar-refractivity contribution in [1.82, 2.24) is 10.6 Å². The number of nitrogens with two attached hydrogens (primary N) is 1. The van der Waals surface area contributed by atoms with Gasteiger partial charge >= 0.3 is 0 Å². The third-order valence-corrected chi connectivity index (χ3v) is 3.15. The molecular formula is C15H22N4O2. The monoisotopic (exact) mass is 290 g/mol. The summed E-state index contributed by atoms with van der Waals surface area (Å²) in [6.45, 7) is 5.77. The molecule has 1 rings (SSSR count). The summed E-state index contributed by atoms with van der Waals surface area (Å²) in [7, 11) is 0. The lowest BCUT2D eigenvalue weighted by Crippen LogP contribution is -2.38. The summed E-state index contributed by atoms with van der Waals surface area (Å²) in [6, 6.07) is 7.19. The first-order valence-corrected chi connectivity index (χ1v) is 6.70. The normalized spacial score (nSPS) is 10.9. The van der Waals surface area contributed by atoms with Crippen LogP contribution in [0.4, 0.5) is 0 Å². The van der Waals surface area contributed by atoms with Gasteiger partial charge in [0, 0.05) is 17.5 Å². The number of nitrogens with one attached hydrogen (secondary N) is 3. The number of amides is 2. The smallest absolute Gasteiger partial charge is 0.251 e. The molecule has 0 saturated carbocycles. The molecule has 0 heterocycles. The van der Waals surface area contributed by atoms with Gasteiger partial charge in [-0.1, -0.05) is 26.0 Å². The van der Waals surface area contributed by atoms with Gasteiger partial charge in [0.2, 0.25) is 5.91 Å². The van der Waals surface area contributed by atoms with E-state index in [0.29, 0.717) is 12.1 Å². The first kappa shape index (κ1) is 16.8. The Bertz CT molecular complexity index is 552. The topological polar surface area (TPSA) is 108 Å². The van der Waals surface area contributed by atoms with Gasteiger partial charge in [0.1, 0.15) is 0 Å². The molecule has 0 aliphatic carbocycles. The minimum absolute atomic E-state index is 0.0425. The van der Waals surface area contributed by atoms with Crippen LogP contribution in [0.25, 0.3) is 0 Å². The van der Waals surface area contributed by atoms with Crippen molar-refractivity contribution in [2.45, 2.75) is 26.2 Å². The number of benzene rings is 1. The predicted molar refractivity (Wildman–Crippen MR) is 82.4 cm³/mol. The molecule has 2 amide bonds. The SMILES string of the molecule is CC(=N)NC(=O)CNC(=O)c1cccc(C(C)(C)CN)c1. The number of hydrogen-bond acceptors (Lipinski definition) is 4. The Labute approximate surface area is 124 Å². The van der Waals surface area contributed by atoms with E-state index in [1.54, 1.807) is 18.2 Å². The molecule has 0 radical (unpaired) electrons. The Kier molecular flexibility index (Phi) is 5.60. The van der Waals surface area contributed by atoms with E-state index >= 15 is 0 Å². The van der Waals surface area contributed by atoms with Crippen LogP contribution < -0.4 is 16.4 Å². The highest BCUT2D eigenvalue weighted by Crippen LogP contribution is 2.22. The van der Waals surface area contributed by atoms with Crippen LogP contribution >= 0.6 is 0 Å². The van der Waals surface area contributed by atoms with Crippen LogP contribution in [0.15, 0.2) is 24.3 Å². The van der Waals surface area contributed by atoms with E-state index in [2.05, 4.69) is 10.6 Å². The third kappa shape index (κ3) is 5.00. The number of hydrogen-bond donors (Lipinski definition) is 4. The number of rotatable bonds is 5. The second kappa shape index (κ2) is 6.99. The zero-order valence-corrected chi connectivity index (χ0v) is 12.6. The fourth-order valence-electron chi connectivity index (χ4n) is 1.72. The Morgan fingerprint density at radius 3 is 2.57 bits per heavy atom. The lowest BCUT2D eigenvalue weighted by molar-refractivity contribution is -0.118. The van der Waals surface area contributed by atoms with Crippen LogP contribution in [0, 0.1) is 5.41 Å². The van der Waals surface area contributed by atoms with E-state index in [9.17, 15) is 9.59 Å². The van der Waals surface area contributed by atoms with Crippen molar-refractivity contribution in [1.29, 1.82) is 5.41 Å². The molecule has 0 bridgehead atoms. The zero-order valence-electron chi connectivity index (χ0n) is 12.6. The van der Waals surface area contributed by atoms with Gasteiger partial charge in [-0.25, -0.2) is 0 Å². The van der Waals surface area contributed by atoms with Crippen LogP contribution in [-0.2, 0) is 10.2 Å². The van der Waals surface area contributed by atoms with E-state index in [4.69, 9.17) is 11.1 Å². The molecule has 21 heavy (non-hydrogen) atoms. The van der Waals surface area contributed by atoms with Crippen LogP contribution in [0.3, 0.4) is 0 Å². The van der Waals surface area contributed by atoms with Crippen molar-refractivity contribution < 1.29 is 9.59 Å². The van der Waals surface area contributed by atoms with Crippen molar-refractivity contribution in [3.05, 3.63) is 35.4 Å². The number of carbonyl (C=O) groups is 2. The van der Waals surface area contributed by atoms with Crippen LogP contribution in [0.2, 0.25) is 0 Å². The average molecular weight is 290 g/mol. The average Bonchev–Trinajstić information content (AvgIpc) is 2.44. The molecule has 0 aromatic heterocycles. The molecule has 114 valence electrons. The summed E-state index contributed by atoms with van der Waals surface area (Å²) in [6.07, 6.45) is 0. The summed E-state index contributed by atoms with van der Waals surface area (Å²) in [5, 5.41) is 12.0. The molecule has 1 aromatic rings. The van der Waals surface area contributed by atoms with E-state index in [1.165, 1.54) is 6.92 Å². The molecule has 0 aliphatic rings. The number of carbonyl (C=O) groups excluding carboxylic acids is 2. The maximum atomic E-state index is 12.0. The Balaban J connectivity index is 2.73. The lowest BCUT2D eigenvalue weighted by atomic mass is 9.84. The van der Waals surface area contributed by atoms with Crippen LogP contribution in [0.1, 0.15) is 36.7 Å². The molecule has 5 N–H and O–H groups in total. The van der Waals surface area contributed by atoms with Gasteiger partial charge in [0.25, 0.3) is 5.91 Å². The molecule has 0 saturated heterocycles. The summed E-state index contributed by atoms with van der Waals surface area (Å²) in [4.78, 5) is 23.4. The minimum Gasteiger partial charge on any atom is -0.343 e. The molecule has 0 spiro atoms. The fraction of sp³-hybridized carbons (Fsp3) is 0.400. The summed E-state index contributed by atoms with van der Waals surface area (Å²) in [5.74, 6) is -0.710. The van der Waals surface area contributed by atoms with Gasteiger partial charge in [-0.15, -0.1) is 0 Å². The van der Waals surface area contributed by atoms with Crippen molar-refractivity contribution in [3.63, 3.8) is 0 Å². The molecule has 0 unspecified atom stereocenters. The van der Waals surface area contributed by atoms with Gasteiger partial charge in [0.15, 0.2) is 0 Å². The predicted octanol–water partition coefficient (Wildman–Crippen LogP) is 0.766. The maximum absolute atomic E-state index is 12.0. The van der Waals surface area contributed by atoms with Gasteiger partial charge in [-0.05, 0) is 24.6 Å². The van der Waals surface area contributed by atoms with Crippen LogP contribution in [0.5, 0.6) is 0 Å². The summed E-state index contributed by atoms with van der Waals surface area (Å²) >= 11 is 0. The Hall–Kier alpha value is -2.21. The Morgan fingerprint density at radius 2 is 2.00 bits per heavy atom. The molecule has 6 nitrogen and oxygen atoms in total. The molecule has 0 atom stereocenters. The van der Waals surface area contributed by atoms with Gasteiger partial charge < -0.3 is 16.4 Å². The highest BCUT2D eigenvalue weighted by Gasteiger charge is 2.19. The first-order chi connectivity index (χ1) is 9.76. The lowest BCUT2D eigenvalue weighted by Gasteiger charge is -2.23. The quantitative estimate of drug-likeness (QED) is 0.475. The Morgan fingerprint density at radius 1 is 1.33 bits per heavy atom. The van der Waals surface area contributed by atoms with Crippen molar-refractivity contribution in [3.8, 4) is 0 Å². The largest absolute Gasteiger partial charge is 0.343 e. The second-order valence-electron chi connectivity index (χ2n) is 5.52. The third-order valence-electron chi connectivity index (χ3n) is 3.15. The van der Waals surface area contributed by atoms with Crippen molar-refractivity contribution >= 4 is 17.6 Å². The van der Waals surface area contributed by atoms with Crippen LogP contribution in [-0.4, -0.2) is 30.7 Å². The zero-order chi connectivity index (χ0) is 16.0. The minimum atomic E-state index is -0.422. The van der Waals surface area contributed by atoms with Gasteiger partial charge in [-0.3, -0.25) is 15.0 Å². The first-order valence-electron chi connectivity index (χ1n) is 6.70.